The van der Waals surface area contributed by atoms with Crippen LogP contribution in [0.15, 0.2) is 35.7 Å². The number of carbonyl (C=O) groups is 3. The predicted octanol–water partition coefficient (Wildman–Crippen LogP) is 4.85. The van der Waals surface area contributed by atoms with Crippen molar-refractivity contribution >= 4 is 45.5 Å². The van der Waals surface area contributed by atoms with Gasteiger partial charge in [-0.25, -0.2) is 14.6 Å². The molecule has 3 rings (SSSR count). The van der Waals surface area contributed by atoms with Crippen molar-refractivity contribution in [3.05, 3.63) is 56.9 Å². The van der Waals surface area contributed by atoms with Crippen molar-refractivity contribution < 1.29 is 23.9 Å². The molecule has 1 aromatic carbocycles. The Morgan fingerprint density at radius 3 is 2.45 bits per heavy atom. The summed E-state index contributed by atoms with van der Waals surface area (Å²) >= 11 is 2.43. The Morgan fingerprint density at radius 2 is 1.84 bits per heavy atom. The number of ether oxygens (including phenoxy) is 2. The number of aromatic nitrogens is 1. The molecule has 0 fully saturated rings. The number of nitrogens with zero attached hydrogens (tertiary/aromatic N) is 1. The van der Waals surface area contributed by atoms with Crippen molar-refractivity contribution in [2.75, 3.05) is 11.9 Å². The Kier molecular flexibility index (Phi) is 7.19. The average molecular weight is 459 g/mol. The van der Waals surface area contributed by atoms with Crippen molar-refractivity contribution in [1.82, 2.24) is 4.98 Å². The van der Waals surface area contributed by atoms with Crippen LogP contribution in [0.2, 0.25) is 0 Å². The van der Waals surface area contributed by atoms with E-state index in [-0.39, 0.29) is 12.2 Å². The zero-order valence-electron chi connectivity index (χ0n) is 17.6. The van der Waals surface area contributed by atoms with Gasteiger partial charge in [0.05, 0.1) is 17.3 Å². The molecule has 1 atom stereocenters. The quantitative estimate of drug-likeness (QED) is 0.509. The lowest BCUT2D eigenvalue weighted by molar-refractivity contribution is -0.123. The van der Waals surface area contributed by atoms with Crippen LogP contribution in [0.25, 0.3) is 11.1 Å². The molecule has 0 aliphatic heterocycles. The molecule has 1 amide bonds. The van der Waals surface area contributed by atoms with Gasteiger partial charge in [-0.15, -0.1) is 22.7 Å². The van der Waals surface area contributed by atoms with E-state index in [0.29, 0.717) is 21.1 Å². The van der Waals surface area contributed by atoms with Gasteiger partial charge in [-0.1, -0.05) is 30.3 Å². The number of anilines is 1. The van der Waals surface area contributed by atoms with E-state index in [2.05, 4.69) is 10.3 Å². The third-order valence-corrected chi connectivity index (χ3v) is 6.28. The second kappa shape index (κ2) is 9.84. The Balaban J connectivity index is 1.80. The standard InChI is InChI=1S/C22H22N2O5S2/c1-5-28-21(26)17-16(15-9-7-6-8-10-15)11-30-20(17)24-19(25)13(3)29-22(27)18-12(2)23-14(4)31-18/h6-11,13H,5H2,1-4H3,(H,24,25). The number of esters is 2. The van der Waals surface area contributed by atoms with Gasteiger partial charge in [-0.2, -0.15) is 0 Å². The SMILES string of the molecule is CCOC(=O)c1c(-c2ccccc2)csc1NC(=O)C(C)OC(=O)c1sc(C)nc1C. The van der Waals surface area contributed by atoms with E-state index in [4.69, 9.17) is 9.47 Å². The normalized spacial score (nSPS) is 11.6. The minimum absolute atomic E-state index is 0.206. The molecular formula is C22H22N2O5S2. The molecule has 9 heteroatoms. The first-order valence-corrected chi connectivity index (χ1v) is 11.3. The highest BCUT2D eigenvalue weighted by atomic mass is 32.1. The summed E-state index contributed by atoms with van der Waals surface area (Å²) in [7, 11) is 0. The third-order valence-electron chi connectivity index (χ3n) is 4.33. The Bertz CT molecular complexity index is 1100. The summed E-state index contributed by atoms with van der Waals surface area (Å²) in [5.41, 5.74) is 2.34. The molecule has 0 saturated carbocycles. The molecule has 0 spiro atoms. The molecule has 2 heterocycles. The highest BCUT2D eigenvalue weighted by molar-refractivity contribution is 7.15. The maximum absolute atomic E-state index is 12.7. The van der Waals surface area contributed by atoms with E-state index in [1.54, 1.807) is 26.2 Å². The summed E-state index contributed by atoms with van der Waals surface area (Å²) in [6, 6.07) is 9.36. The summed E-state index contributed by atoms with van der Waals surface area (Å²) in [6.45, 7) is 6.91. The Labute approximate surface area is 188 Å². The molecule has 0 aliphatic carbocycles. The summed E-state index contributed by atoms with van der Waals surface area (Å²) in [5.74, 6) is -1.68. The van der Waals surface area contributed by atoms with Crippen LogP contribution in [0.3, 0.4) is 0 Å². The van der Waals surface area contributed by atoms with Crippen molar-refractivity contribution in [2.24, 2.45) is 0 Å². The van der Waals surface area contributed by atoms with E-state index in [9.17, 15) is 14.4 Å². The van der Waals surface area contributed by atoms with Crippen LogP contribution >= 0.6 is 22.7 Å². The van der Waals surface area contributed by atoms with Crippen molar-refractivity contribution in [3.63, 3.8) is 0 Å². The number of carbonyl (C=O) groups excluding carboxylic acids is 3. The van der Waals surface area contributed by atoms with E-state index in [1.807, 2.05) is 30.3 Å². The molecule has 2 aromatic heterocycles. The number of benzene rings is 1. The van der Waals surface area contributed by atoms with Gasteiger partial charge < -0.3 is 14.8 Å². The molecule has 1 N–H and O–H groups in total. The average Bonchev–Trinajstić information content (AvgIpc) is 3.31. The largest absolute Gasteiger partial charge is 0.462 e. The van der Waals surface area contributed by atoms with Gasteiger partial charge in [0.2, 0.25) is 0 Å². The lowest BCUT2D eigenvalue weighted by Crippen LogP contribution is -2.30. The lowest BCUT2D eigenvalue weighted by atomic mass is 10.0. The van der Waals surface area contributed by atoms with Crippen LogP contribution < -0.4 is 5.32 Å². The van der Waals surface area contributed by atoms with E-state index >= 15 is 0 Å². The molecule has 0 aliphatic rings. The predicted molar refractivity (Wildman–Crippen MR) is 121 cm³/mol. The van der Waals surface area contributed by atoms with Gasteiger partial charge in [0.25, 0.3) is 5.91 Å². The van der Waals surface area contributed by atoms with Crippen molar-refractivity contribution in [2.45, 2.75) is 33.8 Å². The Hall–Kier alpha value is -3.04. The van der Waals surface area contributed by atoms with E-state index in [0.717, 1.165) is 10.6 Å². The van der Waals surface area contributed by atoms with Crippen LogP contribution in [-0.2, 0) is 14.3 Å². The molecular weight excluding hydrogens is 436 g/mol. The maximum Gasteiger partial charge on any atom is 0.351 e. The maximum atomic E-state index is 12.7. The van der Waals surface area contributed by atoms with Gasteiger partial charge in [0, 0.05) is 10.9 Å². The fraction of sp³-hybridized carbons (Fsp3) is 0.273. The van der Waals surface area contributed by atoms with Crippen molar-refractivity contribution in [3.8, 4) is 11.1 Å². The number of rotatable bonds is 7. The topological polar surface area (TPSA) is 94.6 Å². The highest BCUT2D eigenvalue weighted by Crippen LogP contribution is 2.36. The van der Waals surface area contributed by atoms with Crippen LogP contribution in [-0.4, -0.2) is 35.5 Å². The highest BCUT2D eigenvalue weighted by Gasteiger charge is 2.26. The van der Waals surface area contributed by atoms with Crippen LogP contribution in [0, 0.1) is 13.8 Å². The van der Waals surface area contributed by atoms with Gasteiger partial charge in [0.1, 0.15) is 15.4 Å². The third kappa shape index (κ3) is 5.18. The zero-order chi connectivity index (χ0) is 22.5. The Morgan fingerprint density at radius 1 is 1.13 bits per heavy atom. The van der Waals surface area contributed by atoms with Gasteiger partial charge >= 0.3 is 11.9 Å². The fourth-order valence-electron chi connectivity index (χ4n) is 2.89. The summed E-state index contributed by atoms with van der Waals surface area (Å²) in [6.07, 6.45) is -1.06. The first-order chi connectivity index (χ1) is 14.8. The van der Waals surface area contributed by atoms with E-state index in [1.165, 1.54) is 29.6 Å². The molecule has 0 saturated heterocycles. The smallest absolute Gasteiger partial charge is 0.351 e. The molecule has 0 bridgehead atoms. The second-order valence-electron chi connectivity index (χ2n) is 6.62. The van der Waals surface area contributed by atoms with Gasteiger partial charge in [0.15, 0.2) is 6.10 Å². The molecule has 31 heavy (non-hydrogen) atoms. The molecule has 1 unspecified atom stereocenters. The van der Waals surface area contributed by atoms with Gasteiger partial charge in [-0.05, 0) is 33.3 Å². The number of thiazole rings is 1. The number of aryl methyl sites for hydroxylation is 2. The summed E-state index contributed by atoms with van der Waals surface area (Å²) in [4.78, 5) is 42.3. The summed E-state index contributed by atoms with van der Waals surface area (Å²) in [5, 5.41) is 5.58. The fourth-order valence-corrected chi connectivity index (χ4v) is 4.65. The monoisotopic (exact) mass is 458 g/mol. The number of hydrogen-bond donors (Lipinski definition) is 1. The minimum atomic E-state index is -1.06. The lowest BCUT2D eigenvalue weighted by Gasteiger charge is -2.13. The second-order valence-corrected chi connectivity index (χ2v) is 8.71. The molecule has 162 valence electrons. The van der Waals surface area contributed by atoms with Crippen LogP contribution in [0.1, 0.15) is 44.6 Å². The number of thiophene rings is 1. The molecule has 0 radical (unpaired) electrons. The van der Waals surface area contributed by atoms with Crippen molar-refractivity contribution in [1.29, 1.82) is 0 Å². The minimum Gasteiger partial charge on any atom is -0.462 e. The number of amides is 1. The molecule has 7 nitrogen and oxygen atoms in total. The van der Waals surface area contributed by atoms with Crippen LogP contribution in [0.4, 0.5) is 5.00 Å². The zero-order valence-corrected chi connectivity index (χ0v) is 19.2. The number of nitrogens with one attached hydrogen (secondary N) is 1. The van der Waals surface area contributed by atoms with Gasteiger partial charge in [-0.3, -0.25) is 4.79 Å². The van der Waals surface area contributed by atoms with Crippen LogP contribution in [0.5, 0.6) is 0 Å². The van der Waals surface area contributed by atoms with E-state index < -0.39 is 23.9 Å². The first kappa shape index (κ1) is 22.6. The summed E-state index contributed by atoms with van der Waals surface area (Å²) < 4.78 is 10.5. The first-order valence-electron chi connectivity index (χ1n) is 9.61. The molecule has 3 aromatic rings. The number of hydrogen-bond acceptors (Lipinski definition) is 8.